The smallest absolute Gasteiger partial charge is 0.258 e. The summed E-state index contributed by atoms with van der Waals surface area (Å²) in [5.41, 5.74) is 1.34. The van der Waals surface area contributed by atoms with Crippen molar-refractivity contribution >= 4 is 11.6 Å². The number of carbonyl (C=O) groups excluding carboxylic acids is 1. The van der Waals surface area contributed by atoms with E-state index in [1.54, 1.807) is 24.3 Å². The summed E-state index contributed by atoms with van der Waals surface area (Å²) in [6, 6.07) is 10.2. The molecule has 4 nitrogen and oxygen atoms in total. The molecule has 2 rings (SSSR count). The third kappa shape index (κ3) is 3.13. The molecular weight excluding hydrogens is 245 g/mol. The molecule has 0 fully saturated rings. The third-order valence-corrected chi connectivity index (χ3v) is 2.51. The van der Waals surface area contributed by atoms with Gasteiger partial charge in [-0.25, -0.2) is 4.39 Å². The molecule has 0 unspecified atom stereocenters. The maximum absolute atomic E-state index is 13.3. The third-order valence-electron chi connectivity index (χ3n) is 2.51. The fourth-order valence-corrected chi connectivity index (χ4v) is 1.55. The van der Waals surface area contributed by atoms with Gasteiger partial charge in [-0.2, -0.15) is 5.26 Å². The summed E-state index contributed by atoms with van der Waals surface area (Å²) in [4.78, 5) is 15.4. The zero-order chi connectivity index (χ0) is 13.7. The van der Waals surface area contributed by atoms with Crippen LogP contribution in [0.4, 0.5) is 10.1 Å². The van der Waals surface area contributed by atoms with Gasteiger partial charge in [-0.05, 0) is 23.8 Å². The van der Waals surface area contributed by atoms with E-state index in [1.807, 2.05) is 6.07 Å². The second-order valence-electron chi connectivity index (χ2n) is 3.84. The SMILES string of the molecule is N#CCc1ccc(NC(=O)c2ccncc2F)cc1. The first-order valence-electron chi connectivity index (χ1n) is 5.57. The predicted octanol–water partition coefficient (Wildman–Crippen LogP) is 2.54. The van der Waals surface area contributed by atoms with E-state index in [-0.39, 0.29) is 5.56 Å². The number of hydrogen-bond acceptors (Lipinski definition) is 3. The van der Waals surface area contributed by atoms with Gasteiger partial charge in [0.05, 0.1) is 24.3 Å². The molecule has 94 valence electrons. The molecule has 0 aliphatic heterocycles. The van der Waals surface area contributed by atoms with Crippen LogP contribution in [0.5, 0.6) is 0 Å². The van der Waals surface area contributed by atoms with Crippen LogP contribution in [-0.4, -0.2) is 10.9 Å². The molecule has 0 spiro atoms. The van der Waals surface area contributed by atoms with Crippen LogP contribution in [0, 0.1) is 17.1 Å². The van der Waals surface area contributed by atoms with Crippen molar-refractivity contribution in [2.24, 2.45) is 0 Å². The molecule has 1 heterocycles. The van der Waals surface area contributed by atoms with Crippen LogP contribution in [0.2, 0.25) is 0 Å². The Labute approximate surface area is 109 Å². The van der Waals surface area contributed by atoms with Crippen LogP contribution in [0.15, 0.2) is 42.7 Å². The van der Waals surface area contributed by atoms with Gasteiger partial charge < -0.3 is 5.32 Å². The monoisotopic (exact) mass is 255 g/mol. The van der Waals surface area contributed by atoms with Gasteiger partial charge in [0, 0.05) is 11.9 Å². The lowest BCUT2D eigenvalue weighted by Crippen LogP contribution is -2.13. The van der Waals surface area contributed by atoms with Crippen molar-refractivity contribution in [2.45, 2.75) is 6.42 Å². The molecular formula is C14H10FN3O. The van der Waals surface area contributed by atoms with E-state index in [1.165, 1.54) is 12.3 Å². The molecule has 1 amide bonds. The van der Waals surface area contributed by atoms with E-state index >= 15 is 0 Å². The van der Waals surface area contributed by atoms with Crippen LogP contribution in [0.25, 0.3) is 0 Å². The molecule has 0 aliphatic carbocycles. The van der Waals surface area contributed by atoms with E-state index in [2.05, 4.69) is 10.3 Å². The average Bonchev–Trinajstić information content (AvgIpc) is 2.42. The summed E-state index contributed by atoms with van der Waals surface area (Å²) in [5, 5.41) is 11.1. The van der Waals surface area contributed by atoms with Crippen molar-refractivity contribution in [1.29, 1.82) is 5.26 Å². The Morgan fingerprint density at radius 3 is 2.68 bits per heavy atom. The Hall–Kier alpha value is -2.74. The summed E-state index contributed by atoms with van der Waals surface area (Å²) in [6.45, 7) is 0. The van der Waals surface area contributed by atoms with Crippen molar-refractivity contribution in [2.75, 3.05) is 5.32 Å². The molecule has 1 N–H and O–H groups in total. The topological polar surface area (TPSA) is 65.8 Å². The van der Waals surface area contributed by atoms with Gasteiger partial charge in [0.2, 0.25) is 0 Å². The Balaban J connectivity index is 2.11. The highest BCUT2D eigenvalue weighted by atomic mass is 19.1. The minimum atomic E-state index is -0.666. The quantitative estimate of drug-likeness (QED) is 0.916. The highest BCUT2D eigenvalue weighted by molar-refractivity contribution is 6.04. The lowest BCUT2D eigenvalue weighted by molar-refractivity contribution is 0.102. The normalized spacial score (nSPS) is 9.68. The Bertz CT molecular complexity index is 632. The molecule has 1 aromatic carbocycles. The number of anilines is 1. The van der Waals surface area contributed by atoms with E-state index in [0.29, 0.717) is 12.1 Å². The van der Waals surface area contributed by atoms with Crippen molar-refractivity contribution in [1.82, 2.24) is 4.98 Å². The van der Waals surface area contributed by atoms with Gasteiger partial charge in [-0.3, -0.25) is 9.78 Å². The Morgan fingerprint density at radius 1 is 1.32 bits per heavy atom. The summed E-state index contributed by atoms with van der Waals surface area (Å²) < 4.78 is 13.3. The number of nitrogens with zero attached hydrogens (tertiary/aromatic N) is 2. The van der Waals surface area contributed by atoms with E-state index in [9.17, 15) is 9.18 Å². The van der Waals surface area contributed by atoms with E-state index < -0.39 is 11.7 Å². The van der Waals surface area contributed by atoms with Crippen molar-refractivity contribution < 1.29 is 9.18 Å². The molecule has 19 heavy (non-hydrogen) atoms. The predicted molar refractivity (Wildman–Crippen MR) is 67.9 cm³/mol. The Morgan fingerprint density at radius 2 is 2.05 bits per heavy atom. The standard InChI is InChI=1S/C14H10FN3O/c15-13-9-17-8-6-12(13)14(19)18-11-3-1-10(2-4-11)5-7-16/h1-4,6,8-9H,5H2,(H,18,19). The summed E-state index contributed by atoms with van der Waals surface area (Å²) >= 11 is 0. The van der Waals surface area contributed by atoms with E-state index in [4.69, 9.17) is 5.26 Å². The van der Waals surface area contributed by atoms with Gasteiger partial charge in [0.25, 0.3) is 5.91 Å². The van der Waals surface area contributed by atoms with Crippen LogP contribution in [0.1, 0.15) is 15.9 Å². The number of benzene rings is 1. The fraction of sp³-hybridized carbons (Fsp3) is 0.0714. The molecule has 0 aliphatic rings. The fourth-order valence-electron chi connectivity index (χ4n) is 1.55. The summed E-state index contributed by atoms with van der Waals surface area (Å²) in [6.07, 6.45) is 2.66. The molecule has 0 saturated carbocycles. The summed E-state index contributed by atoms with van der Waals surface area (Å²) in [5.74, 6) is -1.20. The zero-order valence-corrected chi connectivity index (χ0v) is 9.93. The highest BCUT2D eigenvalue weighted by Gasteiger charge is 2.11. The van der Waals surface area contributed by atoms with Crippen molar-refractivity contribution in [3.05, 3.63) is 59.7 Å². The number of amides is 1. The average molecular weight is 255 g/mol. The lowest BCUT2D eigenvalue weighted by atomic mass is 10.1. The van der Waals surface area contributed by atoms with Gasteiger partial charge >= 0.3 is 0 Å². The number of nitrogens with one attached hydrogen (secondary N) is 1. The van der Waals surface area contributed by atoms with Crippen molar-refractivity contribution in [3.63, 3.8) is 0 Å². The minimum Gasteiger partial charge on any atom is -0.322 e. The number of nitriles is 1. The highest BCUT2D eigenvalue weighted by Crippen LogP contribution is 2.12. The van der Waals surface area contributed by atoms with E-state index in [0.717, 1.165) is 11.8 Å². The van der Waals surface area contributed by atoms with Gasteiger partial charge in [0.1, 0.15) is 0 Å². The maximum atomic E-state index is 13.3. The van der Waals surface area contributed by atoms with Crippen LogP contribution in [-0.2, 0) is 6.42 Å². The second kappa shape index (κ2) is 5.74. The van der Waals surface area contributed by atoms with Gasteiger partial charge in [-0.15, -0.1) is 0 Å². The van der Waals surface area contributed by atoms with Gasteiger partial charge in [0.15, 0.2) is 5.82 Å². The molecule has 0 saturated heterocycles. The zero-order valence-electron chi connectivity index (χ0n) is 9.93. The number of halogens is 1. The number of pyridine rings is 1. The molecule has 1 aromatic heterocycles. The number of carbonyl (C=O) groups is 1. The second-order valence-corrected chi connectivity index (χ2v) is 3.84. The molecule has 0 bridgehead atoms. The van der Waals surface area contributed by atoms with Crippen molar-refractivity contribution in [3.8, 4) is 6.07 Å². The maximum Gasteiger partial charge on any atom is 0.258 e. The summed E-state index contributed by atoms with van der Waals surface area (Å²) in [7, 11) is 0. The van der Waals surface area contributed by atoms with Crippen LogP contribution >= 0.6 is 0 Å². The molecule has 5 heteroatoms. The molecule has 2 aromatic rings. The number of aromatic nitrogens is 1. The lowest BCUT2D eigenvalue weighted by Gasteiger charge is -2.06. The number of rotatable bonds is 3. The van der Waals surface area contributed by atoms with Gasteiger partial charge in [-0.1, -0.05) is 12.1 Å². The Kier molecular flexibility index (Phi) is 3.84. The first-order valence-corrected chi connectivity index (χ1v) is 5.57. The molecule has 0 radical (unpaired) electrons. The first kappa shape index (κ1) is 12.7. The minimum absolute atomic E-state index is 0.0592. The van der Waals surface area contributed by atoms with Crippen LogP contribution < -0.4 is 5.32 Å². The largest absolute Gasteiger partial charge is 0.322 e. The number of hydrogen-bond donors (Lipinski definition) is 1. The van der Waals surface area contributed by atoms with Crippen LogP contribution in [0.3, 0.4) is 0 Å². The first-order chi connectivity index (χ1) is 9.20. The molecule has 0 atom stereocenters.